The summed E-state index contributed by atoms with van der Waals surface area (Å²) in [6.07, 6.45) is 2.70. The highest BCUT2D eigenvalue weighted by atomic mass is 16.5. The van der Waals surface area contributed by atoms with Crippen molar-refractivity contribution in [1.29, 1.82) is 0 Å². The highest BCUT2D eigenvalue weighted by Gasteiger charge is 2.19. The number of likely N-dealkylation sites (N-methyl/N-ethyl adjacent to an activating group) is 1. The van der Waals surface area contributed by atoms with Crippen LogP contribution in [0.5, 0.6) is 0 Å². The van der Waals surface area contributed by atoms with Gasteiger partial charge in [-0.15, -0.1) is 0 Å². The van der Waals surface area contributed by atoms with Crippen LogP contribution in [-0.2, 0) is 17.8 Å². The molecule has 2 rings (SSSR count). The van der Waals surface area contributed by atoms with Crippen LogP contribution in [0.2, 0.25) is 0 Å². The molecule has 0 amide bonds. The minimum Gasteiger partial charge on any atom is -0.380 e. The Morgan fingerprint density at radius 3 is 2.53 bits per heavy atom. The Bertz CT molecular complexity index is 360. The number of hydrogen-bond acceptors (Lipinski definition) is 3. The van der Waals surface area contributed by atoms with E-state index >= 15 is 0 Å². The van der Waals surface area contributed by atoms with Crippen LogP contribution in [-0.4, -0.2) is 37.7 Å². The highest BCUT2D eigenvalue weighted by molar-refractivity contribution is 5.22. The predicted octanol–water partition coefficient (Wildman–Crippen LogP) is 2.41. The van der Waals surface area contributed by atoms with Crippen LogP contribution in [0.3, 0.4) is 0 Å². The van der Waals surface area contributed by atoms with Crippen LogP contribution in [0.1, 0.15) is 30.9 Å². The van der Waals surface area contributed by atoms with E-state index in [1.807, 2.05) is 6.92 Å². The van der Waals surface area contributed by atoms with Crippen LogP contribution in [0, 0.1) is 0 Å². The molecule has 1 aliphatic rings. The zero-order valence-electron chi connectivity index (χ0n) is 12.2. The third-order valence-electron chi connectivity index (χ3n) is 3.47. The maximum absolute atomic E-state index is 5.37. The van der Waals surface area contributed by atoms with Gasteiger partial charge in [-0.25, -0.2) is 0 Å². The molecule has 0 aromatic heterocycles. The van der Waals surface area contributed by atoms with Gasteiger partial charge in [0.05, 0.1) is 6.61 Å². The van der Waals surface area contributed by atoms with Crippen molar-refractivity contribution in [3.05, 3.63) is 35.4 Å². The van der Waals surface area contributed by atoms with E-state index in [1.54, 1.807) is 0 Å². The molecule has 1 aliphatic carbocycles. The first-order chi connectivity index (χ1) is 9.28. The van der Waals surface area contributed by atoms with E-state index in [0.29, 0.717) is 0 Å². The minimum absolute atomic E-state index is 0.782. The lowest BCUT2D eigenvalue weighted by atomic mass is 10.1. The lowest BCUT2D eigenvalue weighted by Crippen LogP contribution is -2.22. The standard InChI is InChI=1S/C16H26N2O/c1-3-19-11-10-18(2)13-15-6-4-14(5-7-15)12-17-16-8-9-16/h4-7,16-17H,3,8-13H2,1-2H3. The summed E-state index contributed by atoms with van der Waals surface area (Å²) in [6.45, 7) is 6.63. The van der Waals surface area contributed by atoms with E-state index in [4.69, 9.17) is 4.74 Å². The Hall–Kier alpha value is -0.900. The predicted molar refractivity (Wildman–Crippen MR) is 79.1 cm³/mol. The fourth-order valence-electron chi connectivity index (χ4n) is 2.07. The molecule has 1 N–H and O–H groups in total. The van der Waals surface area contributed by atoms with Gasteiger partial charge < -0.3 is 10.1 Å². The summed E-state index contributed by atoms with van der Waals surface area (Å²) in [7, 11) is 2.14. The maximum atomic E-state index is 5.37. The van der Waals surface area contributed by atoms with E-state index in [2.05, 4.69) is 41.5 Å². The fourth-order valence-corrected chi connectivity index (χ4v) is 2.07. The van der Waals surface area contributed by atoms with E-state index in [1.165, 1.54) is 24.0 Å². The van der Waals surface area contributed by atoms with Crippen molar-refractivity contribution in [1.82, 2.24) is 10.2 Å². The van der Waals surface area contributed by atoms with E-state index in [9.17, 15) is 0 Å². The van der Waals surface area contributed by atoms with Crippen molar-refractivity contribution in [3.8, 4) is 0 Å². The molecule has 0 saturated heterocycles. The van der Waals surface area contributed by atoms with Gasteiger partial charge in [-0.1, -0.05) is 24.3 Å². The van der Waals surface area contributed by atoms with Gasteiger partial charge in [0.1, 0.15) is 0 Å². The molecule has 1 aromatic carbocycles. The molecule has 1 saturated carbocycles. The molecule has 1 fully saturated rings. The largest absolute Gasteiger partial charge is 0.380 e. The van der Waals surface area contributed by atoms with Crippen molar-refractivity contribution in [2.75, 3.05) is 26.8 Å². The first-order valence-electron chi connectivity index (χ1n) is 7.35. The lowest BCUT2D eigenvalue weighted by molar-refractivity contribution is 0.120. The van der Waals surface area contributed by atoms with Crippen molar-refractivity contribution in [2.45, 2.75) is 38.9 Å². The van der Waals surface area contributed by atoms with Crippen molar-refractivity contribution < 1.29 is 4.74 Å². The van der Waals surface area contributed by atoms with Gasteiger partial charge in [0.15, 0.2) is 0 Å². The van der Waals surface area contributed by atoms with Gasteiger partial charge in [0.25, 0.3) is 0 Å². The average molecular weight is 262 g/mol. The second-order valence-electron chi connectivity index (χ2n) is 5.41. The molecule has 0 bridgehead atoms. The molecule has 0 radical (unpaired) electrons. The number of benzene rings is 1. The Morgan fingerprint density at radius 2 is 1.89 bits per heavy atom. The first kappa shape index (κ1) is 14.5. The van der Waals surface area contributed by atoms with Gasteiger partial charge in [0.2, 0.25) is 0 Å². The summed E-state index contributed by atoms with van der Waals surface area (Å²) >= 11 is 0. The Morgan fingerprint density at radius 1 is 1.21 bits per heavy atom. The van der Waals surface area contributed by atoms with Crippen LogP contribution < -0.4 is 5.32 Å². The van der Waals surface area contributed by atoms with Gasteiger partial charge in [-0.2, -0.15) is 0 Å². The molecule has 106 valence electrons. The monoisotopic (exact) mass is 262 g/mol. The highest BCUT2D eigenvalue weighted by Crippen LogP contribution is 2.19. The van der Waals surface area contributed by atoms with Gasteiger partial charge >= 0.3 is 0 Å². The SMILES string of the molecule is CCOCCN(C)Cc1ccc(CNC2CC2)cc1. The van der Waals surface area contributed by atoms with E-state index < -0.39 is 0 Å². The van der Waals surface area contributed by atoms with Crippen LogP contribution in [0.4, 0.5) is 0 Å². The van der Waals surface area contributed by atoms with Gasteiger partial charge in [-0.3, -0.25) is 4.90 Å². The number of rotatable bonds is 9. The van der Waals surface area contributed by atoms with Gasteiger partial charge in [0, 0.05) is 32.3 Å². The number of hydrogen-bond donors (Lipinski definition) is 1. The summed E-state index contributed by atoms with van der Waals surface area (Å²) in [5.74, 6) is 0. The molecule has 1 aromatic rings. The summed E-state index contributed by atoms with van der Waals surface area (Å²) in [5.41, 5.74) is 2.75. The van der Waals surface area contributed by atoms with Crippen LogP contribution in [0.25, 0.3) is 0 Å². The topological polar surface area (TPSA) is 24.5 Å². The second kappa shape index (κ2) is 7.63. The second-order valence-corrected chi connectivity index (χ2v) is 5.41. The Labute approximate surface area is 116 Å². The molecule has 3 heteroatoms. The van der Waals surface area contributed by atoms with Crippen molar-refractivity contribution >= 4 is 0 Å². The zero-order chi connectivity index (χ0) is 13.5. The summed E-state index contributed by atoms with van der Waals surface area (Å²) in [4.78, 5) is 2.30. The molecule has 3 nitrogen and oxygen atoms in total. The molecule has 0 heterocycles. The normalized spacial score (nSPS) is 15.1. The summed E-state index contributed by atoms with van der Waals surface area (Å²) < 4.78 is 5.37. The summed E-state index contributed by atoms with van der Waals surface area (Å²) in [6, 6.07) is 9.73. The number of nitrogens with one attached hydrogen (secondary N) is 1. The Kier molecular flexibility index (Phi) is 5.83. The molecule has 19 heavy (non-hydrogen) atoms. The average Bonchev–Trinajstić information content (AvgIpc) is 3.22. The minimum atomic E-state index is 0.782. The van der Waals surface area contributed by atoms with E-state index in [-0.39, 0.29) is 0 Å². The lowest BCUT2D eigenvalue weighted by Gasteiger charge is -2.16. The van der Waals surface area contributed by atoms with Crippen LogP contribution in [0.15, 0.2) is 24.3 Å². The maximum Gasteiger partial charge on any atom is 0.0593 e. The fraction of sp³-hybridized carbons (Fsp3) is 0.625. The third kappa shape index (κ3) is 5.72. The zero-order valence-corrected chi connectivity index (χ0v) is 12.2. The molecule has 0 unspecified atom stereocenters. The Balaban J connectivity index is 1.70. The molecular formula is C16H26N2O. The van der Waals surface area contributed by atoms with Crippen molar-refractivity contribution in [3.63, 3.8) is 0 Å². The van der Waals surface area contributed by atoms with Gasteiger partial charge in [-0.05, 0) is 37.9 Å². The van der Waals surface area contributed by atoms with E-state index in [0.717, 1.165) is 38.9 Å². The van der Waals surface area contributed by atoms with Crippen LogP contribution >= 0.6 is 0 Å². The first-order valence-corrected chi connectivity index (χ1v) is 7.35. The molecule has 0 aliphatic heterocycles. The smallest absolute Gasteiger partial charge is 0.0593 e. The van der Waals surface area contributed by atoms with Crippen molar-refractivity contribution in [2.24, 2.45) is 0 Å². The third-order valence-corrected chi connectivity index (χ3v) is 3.47. The quantitative estimate of drug-likeness (QED) is 0.692. The number of nitrogens with zero attached hydrogens (tertiary/aromatic N) is 1. The molecular weight excluding hydrogens is 236 g/mol. The molecule has 0 spiro atoms. The number of ether oxygens (including phenoxy) is 1. The summed E-state index contributed by atoms with van der Waals surface area (Å²) in [5, 5.41) is 3.54. The molecule has 0 atom stereocenters.